The van der Waals surface area contributed by atoms with E-state index in [2.05, 4.69) is 5.32 Å². The number of aliphatic hydroxyl groups is 1. The minimum absolute atomic E-state index is 0.0619. The van der Waals surface area contributed by atoms with Gasteiger partial charge >= 0.3 is 0 Å². The van der Waals surface area contributed by atoms with Crippen LogP contribution in [0.3, 0.4) is 0 Å². The van der Waals surface area contributed by atoms with Crippen molar-refractivity contribution >= 4 is 11.7 Å². The minimum Gasteiger partial charge on any atom is -0.454 e. The summed E-state index contributed by atoms with van der Waals surface area (Å²) in [6, 6.07) is 17.2. The number of benzene rings is 2. The molecule has 2 aromatic carbocycles. The van der Waals surface area contributed by atoms with E-state index >= 15 is 0 Å². The number of fused-ring (bicyclic) bond motifs is 1. The molecule has 7 heteroatoms. The Morgan fingerprint density at radius 1 is 1.06 bits per heavy atom. The summed E-state index contributed by atoms with van der Waals surface area (Å²) >= 11 is 0. The zero-order valence-electron chi connectivity index (χ0n) is 19.0. The van der Waals surface area contributed by atoms with Crippen LogP contribution in [0, 0.1) is 6.92 Å². The van der Waals surface area contributed by atoms with Crippen LogP contribution >= 0.6 is 0 Å². The number of nitrogens with zero attached hydrogens (tertiary/aromatic N) is 2. The number of rotatable bonds is 6. The van der Waals surface area contributed by atoms with Gasteiger partial charge in [0, 0.05) is 5.56 Å². The maximum atomic E-state index is 13.3. The van der Waals surface area contributed by atoms with Gasteiger partial charge in [0.2, 0.25) is 12.7 Å². The third-order valence-electron chi connectivity index (χ3n) is 6.42. The molecule has 0 bridgehead atoms. The van der Waals surface area contributed by atoms with E-state index in [0.29, 0.717) is 17.3 Å². The molecule has 1 atom stereocenters. The highest BCUT2D eigenvalue weighted by atomic mass is 16.7. The van der Waals surface area contributed by atoms with Crippen molar-refractivity contribution in [3.63, 3.8) is 0 Å². The number of carbonyl (C=O) groups is 1. The Labute approximate surface area is 193 Å². The SMILES string of the molecule is Cc1ccc(NC(=O)C2(c3ccc4c(c3)OCO4)CC2)nc1-c1ccc(C(O)N(C)C)cc1. The van der Waals surface area contributed by atoms with Crippen molar-refractivity contribution < 1.29 is 19.4 Å². The van der Waals surface area contributed by atoms with Gasteiger partial charge in [-0.3, -0.25) is 9.69 Å². The Balaban J connectivity index is 1.37. The van der Waals surface area contributed by atoms with E-state index in [1.165, 1.54) is 0 Å². The van der Waals surface area contributed by atoms with Gasteiger partial charge in [0.15, 0.2) is 11.5 Å². The third kappa shape index (κ3) is 3.94. The zero-order chi connectivity index (χ0) is 23.2. The summed E-state index contributed by atoms with van der Waals surface area (Å²) in [7, 11) is 3.65. The Kier molecular flexibility index (Phi) is 5.31. The van der Waals surface area contributed by atoms with E-state index in [1.54, 1.807) is 4.90 Å². The molecule has 1 saturated carbocycles. The van der Waals surface area contributed by atoms with Gasteiger partial charge in [-0.15, -0.1) is 0 Å². The van der Waals surface area contributed by atoms with Crippen LogP contribution < -0.4 is 14.8 Å². The molecule has 33 heavy (non-hydrogen) atoms. The van der Waals surface area contributed by atoms with Gasteiger partial charge in [0.05, 0.1) is 11.1 Å². The lowest BCUT2D eigenvalue weighted by atomic mass is 9.94. The highest BCUT2D eigenvalue weighted by Crippen LogP contribution is 2.51. The number of aliphatic hydroxyl groups excluding tert-OH is 1. The average Bonchev–Trinajstić information content (AvgIpc) is 3.50. The summed E-state index contributed by atoms with van der Waals surface area (Å²) in [6.07, 6.45) is 0.907. The van der Waals surface area contributed by atoms with E-state index in [1.807, 2.05) is 75.6 Å². The summed E-state index contributed by atoms with van der Waals surface area (Å²) in [5.74, 6) is 1.85. The lowest BCUT2D eigenvalue weighted by molar-refractivity contribution is -0.118. The van der Waals surface area contributed by atoms with Crippen molar-refractivity contribution in [1.29, 1.82) is 0 Å². The van der Waals surface area contributed by atoms with Crippen LogP contribution in [-0.4, -0.2) is 41.8 Å². The van der Waals surface area contributed by atoms with Crippen LogP contribution in [0.15, 0.2) is 54.6 Å². The molecule has 3 aromatic rings. The molecular weight excluding hydrogens is 418 g/mol. The number of hydrogen-bond donors (Lipinski definition) is 2. The predicted molar refractivity (Wildman–Crippen MR) is 125 cm³/mol. The second-order valence-corrected chi connectivity index (χ2v) is 8.93. The summed E-state index contributed by atoms with van der Waals surface area (Å²) in [4.78, 5) is 19.7. The molecule has 0 spiro atoms. The van der Waals surface area contributed by atoms with Crippen molar-refractivity contribution in [3.8, 4) is 22.8 Å². The summed E-state index contributed by atoms with van der Waals surface area (Å²) < 4.78 is 10.9. The first-order chi connectivity index (χ1) is 15.9. The number of hydrogen-bond acceptors (Lipinski definition) is 6. The molecule has 1 aliphatic carbocycles. The van der Waals surface area contributed by atoms with Gasteiger partial charge in [0.1, 0.15) is 12.0 Å². The molecule has 5 rings (SSSR count). The van der Waals surface area contributed by atoms with Gasteiger partial charge in [-0.1, -0.05) is 36.4 Å². The zero-order valence-corrected chi connectivity index (χ0v) is 19.0. The smallest absolute Gasteiger partial charge is 0.236 e. The highest BCUT2D eigenvalue weighted by molar-refractivity contribution is 6.01. The Bertz CT molecular complexity index is 1200. The number of ether oxygens (including phenoxy) is 2. The molecule has 1 aromatic heterocycles. The molecule has 7 nitrogen and oxygen atoms in total. The first-order valence-electron chi connectivity index (χ1n) is 11.0. The van der Waals surface area contributed by atoms with Crippen LogP contribution in [0.4, 0.5) is 5.82 Å². The fraction of sp³-hybridized carbons (Fsp3) is 0.308. The molecule has 2 aliphatic rings. The van der Waals surface area contributed by atoms with Crippen LogP contribution in [0.1, 0.15) is 35.8 Å². The summed E-state index contributed by atoms with van der Waals surface area (Å²) in [6.45, 7) is 2.20. The monoisotopic (exact) mass is 445 g/mol. The lowest BCUT2D eigenvalue weighted by Crippen LogP contribution is -2.28. The number of carbonyl (C=O) groups excluding carboxylic acids is 1. The molecule has 1 unspecified atom stereocenters. The maximum absolute atomic E-state index is 13.3. The lowest BCUT2D eigenvalue weighted by Gasteiger charge is -2.19. The van der Waals surface area contributed by atoms with Crippen LogP contribution in [0.25, 0.3) is 11.3 Å². The largest absolute Gasteiger partial charge is 0.454 e. The van der Waals surface area contributed by atoms with Crippen LogP contribution in [0.2, 0.25) is 0 Å². The van der Waals surface area contributed by atoms with E-state index in [9.17, 15) is 9.90 Å². The third-order valence-corrected chi connectivity index (χ3v) is 6.42. The minimum atomic E-state index is -0.662. The first kappa shape index (κ1) is 21.4. The van der Waals surface area contributed by atoms with Crippen LogP contribution in [-0.2, 0) is 10.2 Å². The molecule has 1 fully saturated rings. The second kappa shape index (κ2) is 8.17. The second-order valence-electron chi connectivity index (χ2n) is 8.93. The average molecular weight is 446 g/mol. The number of pyridine rings is 1. The fourth-order valence-electron chi connectivity index (χ4n) is 4.20. The topological polar surface area (TPSA) is 83.9 Å². The molecule has 0 saturated heterocycles. The van der Waals surface area contributed by atoms with Crippen molar-refractivity contribution in [2.75, 3.05) is 26.2 Å². The van der Waals surface area contributed by atoms with E-state index in [4.69, 9.17) is 14.5 Å². The van der Waals surface area contributed by atoms with Gasteiger partial charge in [0.25, 0.3) is 0 Å². The number of aryl methyl sites for hydroxylation is 1. The van der Waals surface area contributed by atoms with Gasteiger partial charge in [-0.2, -0.15) is 0 Å². The highest BCUT2D eigenvalue weighted by Gasteiger charge is 2.51. The van der Waals surface area contributed by atoms with Crippen LogP contribution in [0.5, 0.6) is 11.5 Å². The Morgan fingerprint density at radius 2 is 1.79 bits per heavy atom. The standard InChI is InChI=1S/C26H27N3O4/c1-16-4-11-22(27-23(16)17-5-7-18(8-6-17)24(30)29(2)3)28-25(31)26(12-13-26)19-9-10-20-21(14-19)33-15-32-20/h4-11,14,24,30H,12-13,15H2,1-3H3,(H,27,28,31). The maximum Gasteiger partial charge on any atom is 0.236 e. The normalized spacial score (nSPS) is 16.5. The first-order valence-corrected chi connectivity index (χ1v) is 11.0. The Morgan fingerprint density at radius 3 is 2.48 bits per heavy atom. The molecule has 2 heterocycles. The van der Waals surface area contributed by atoms with Crippen molar-refractivity contribution in [2.24, 2.45) is 0 Å². The van der Waals surface area contributed by atoms with E-state index in [-0.39, 0.29) is 12.7 Å². The molecule has 1 amide bonds. The van der Waals surface area contributed by atoms with Gasteiger partial charge in [-0.05, 0) is 68.8 Å². The van der Waals surface area contributed by atoms with E-state index < -0.39 is 11.6 Å². The quantitative estimate of drug-likeness (QED) is 0.558. The molecule has 170 valence electrons. The van der Waals surface area contributed by atoms with Crippen molar-refractivity contribution in [1.82, 2.24) is 9.88 Å². The molecule has 2 N–H and O–H groups in total. The summed E-state index contributed by atoms with van der Waals surface area (Å²) in [5, 5.41) is 13.3. The van der Waals surface area contributed by atoms with Gasteiger partial charge in [-0.25, -0.2) is 4.98 Å². The fourth-order valence-corrected chi connectivity index (χ4v) is 4.20. The number of anilines is 1. The van der Waals surface area contributed by atoms with Crippen molar-refractivity contribution in [3.05, 3.63) is 71.3 Å². The molecule has 1 aliphatic heterocycles. The van der Waals surface area contributed by atoms with E-state index in [0.717, 1.165) is 40.8 Å². The molecular formula is C26H27N3O4. The van der Waals surface area contributed by atoms with Gasteiger partial charge < -0.3 is 19.9 Å². The summed E-state index contributed by atoms with van der Waals surface area (Å²) in [5.41, 5.74) is 3.92. The number of aromatic nitrogens is 1. The molecule has 0 radical (unpaired) electrons. The van der Waals surface area contributed by atoms with Crippen molar-refractivity contribution in [2.45, 2.75) is 31.4 Å². The number of amides is 1. The number of nitrogens with one attached hydrogen (secondary N) is 1. The predicted octanol–water partition coefficient (Wildman–Crippen LogP) is 4.01. The Hall–Kier alpha value is -3.42.